The molecule has 0 unspecified atom stereocenters. The lowest BCUT2D eigenvalue weighted by molar-refractivity contribution is 0.314. The van der Waals surface area contributed by atoms with Gasteiger partial charge in [0.2, 0.25) is 5.65 Å². The molecule has 2 aromatic rings. The Morgan fingerprint density at radius 2 is 1.92 bits per heavy atom. The van der Waals surface area contributed by atoms with Crippen molar-refractivity contribution in [2.75, 3.05) is 0 Å². The zero-order chi connectivity index (χ0) is 8.97. The molecule has 0 radical (unpaired) electrons. The number of pyridine rings is 1. The van der Waals surface area contributed by atoms with Crippen molar-refractivity contribution in [2.24, 2.45) is 0 Å². The van der Waals surface area contributed by atoms with Gasteiger partial charge in [0.15, 0.2) is 5.52 Å². The maximum absolute atomic E-state index is 4.46. The summed E-state index contributed by atoms with van der Waals surface area (Å²) in [7, 11) is 0. The minimum Gasteiger partial charge on any atom is -0.242 e. The predicted molar refractivity (Wildman–Crippen MR) is 45.7 cm³/mol. The van der Waals surface area contributed by atoms with E-state index in [1.807, 2.05) is 32.9 Å². The number of nitrogens with zero attached hydrogens (tertiary/aromatic N) is 3. The van der Waals surface area contributed by atoms with Gasteiger partial charge in [-0.2, -0.15) is 0 Å². The van der Waals surface area contributed by atoms with E-state index < -0.39 is 0 Å². The molecular formula is C8H11N3O. The molecule has 0 fully saturated rings. The van der Waals surface area contributed by atoms with Gasteiger partial charge in [0.25, 0.3) is 0 Å². The van der Waals surface area contributed by atoms with Crippen LogP contribution in [-0.2, 0) is 0 Å². The highest BCUT2D eigenvalue weighted by Crippen LogP contribution is 2.05. The van der Waals surface area contributed by atoms with E-state index >= 15 is 0 Å². The molecule has 0 saturated carbocycles. The molecule has 4 nitrogen and oxygen atoms in total. The number of fused-ring (bicyclic) bond motifs is 1. The summed E-state index contributed by atoms with van der Waals surface area (Å²) >= 11 is 0. The Balaban J connectivity index is 0.000000336. The van der Waals surface area contributed by atoms with Gasteiger partial charge < -0.3 is 0 Å². The van der Waals surface area contributed by atoms with Gasteiger partial charge in [-0.05, 0) is 29.4 Å². The summed E-state index contributed by atoms with van der Waals surface area (Å²) in [4.78, 5) is 4.07. The lowest BCUT2D eigenvalue weighted by Crippen LogP contribution is -1.79. The van der Waals surface area contributed by atoms with Crippen molar-refractivity contribution in [2.45, 2.75) is 20.8 Å². The highest BCUT2D eigenvalue weighted by Gasteiger charge is 1.98. The lowest BCUT2D eigenvalue weighted by Gasteiger charge is -1.85. The van der Waals surface area contributed by atoms with E-state index in [1.54, 1.807) is 0 Å². The van der Waals surface area contributed by atoms with Crippen LogP contribution in [0, 0.1) is 6.92 Å². The molecular weight excluding hydrogens is 154 g/mol. The van der Waals surface area contributed by atoms with Crippen molar-refractivity contribution in [3.8, 4) is 0 Å². The number of hydrogen-bond acceptors (Lipinski definition) is 4. The maximum atomic E-state index is 4.46. The molecule has 64 valence electrons. The van der Waals surface area contributed by atoms with E-state index in [0.29, 0.717) is 11.2 Å². The number of hydrogen-bond donors (Lipinski definition) is 0. The summed E-state index contributed by atoms with van der Waals surface area (Å²) in [6.45, 7) is 5.90. The van der Waals surface area contributed by atoms with E-state index in [1.165, 1.54) is 0 Å². The normalized spacial score (nSPS) is 9.25. The first-order chi connectivity index (χ1) is 5.86. The molecule has 2 rings (SSSR count). The Morgan fingerprint density at radius 3 is 2.67 bits per heavy atom. The van der Waals surface area contributed by atoms with Gasteiger partial charge in [-0.1, -0.05) is 13.8 Å². The Bertz CT molecular complexity index is 356. The molecule has 12 heavy (non-hydrogen) atoms. The molecule has 0 aromatic carbocycles. The van der Waals surface area contributed by atoms with Crippen molar-refractivity contribution in [1.82, 2.24) is 15.3 Å². The fraction of sp³-hybridized carbons (Fsp3) is 0.375. The van der Waals surface area contributed by atoms with Gasteiger partial charge in [-0.15, -0.1) is 0 Å². The van der Waals surface area contributed by atoms with Crippen molar-refractivity contribution < 1.29 is 4.63 Å². The largest absolute Gasteiger partial charge is 0.242 e. The third-order valence-electron chi connectivity index (χ3n) is 1.26. The zero-order valence-corrected chi connectivity index (χ0v) is 7.40. The highest BCUT2D eigenvalue weighted by molar-refractivity contribution is 5.67. The van der Waals surface area contributed by atoms with Crippen LogP contribution in [0.3, 0.4) is 0 Å². The summed E-state index contributed by atoms with van der Waals surface area (Å²) in [5, 5.41) is 7.19. The Morgan fingerprint density at radius 1 is 1.17 bits per heavy atom. The van der Waals surface area contributed by atoms with E-state index in [2.05, 4.69) is 19.9 Å². The number of aryl methyl sites for hydroxylation is 1. The lowest BCUT2D eigenvalue weighted by atomic mass is 10.4. The molecule has 0 bridgehead atoms. The van der Waals surface area contributed by atoms with Crippen molar-refractivity contribution in [3.63, 3.8) is 0 Å². The third-order valence-corrected chi connectivity index (χ3v) is 1.26. The molecule has 0 spiro atoms. The first kappa shape index (κ1) is 8.64. The minimum absolute atomic E-state index is 0.569. The van der Waals surface area contributed by atoms with Gasteiger partial charge in [0, 0.05) is 5.69 Å². The standard InChI is InChI=1S/C6H5N3O.C2H6/c1-4-2-3-5-6(7-4)9-10-8-5;1-2/h2-3H,1H3;1-2H3. The minimum atomic E-state index is 0.569. The average molecular weight is 165 g/mol. The fourth-order valence-electron chi connectivity index (χ4n) is 0.777. The second kappa shape index (κ2) is 3.80. The van der Waals surface area contributed by atoms with Gasteiger partial charge in [0.1, 0.15) is 0 Å². The summed E-state index contributed by atoms with van der Waals surface area (Å²) < 4.78 is 4.46. The first-order valence-electron chi connectivity index (χ1n) is 3.92. The zero-order valence-electron chi connectivity index (χ0n) is 7.40. The van der Waals surface area contributed by atoms with Gasteiger partial charge in [0.05, 0.1) is 0 Å². The van der Waals surface area contributed by atoms with Crippen molar-refractivity contribution in [3.05, 3.63) is 17.8 Å². The second-order valence-corrected chi connectivity index (χ2v) is 2.06. The van der Waals surface area contributed by atoms with Gasteiger partial charge >= 0.3 is 0 Å². The maximum Gasteiger partial charge on any atom is 0.224 e. The van der Waals surface area contributed by atoms with Crippen LogP contribution in [-0.4, -0.2) is 15.3 Å². The monoisotopic (exact) mass is 165 g/mol. The van der Waals surface area contributed by atoms with Crippen molar-refractivity contribution >= 4 is 11.2 Å². The fourth-order valence-corrected chi connectivity index (χ4v) is 0.777. The van der Waals surface area contributed by atoms with E-state index in [4.69, 9.17) is 0 Å². The Labute approximate surface area is 70.6 Å². The van der Waals surface area contributed by atoms with Crippen LogP contribution < -0.4 is 0 Å². The topological polar surface area (TPSA) is 51.8 Å². The van der Waals surface area contributed by atoms with Crippen LogP contribution in [0.25, 0.3) is 11.2 Å². The number of aromatic nitrogens is 3. The Kier molecular flexibility index (Phi) is 2.74. The molecule has 0 aliphatic heterocycles. The molecule has 0 aliphatic rings. The molecule has 4 heteroatoms. The summed E-state index contributed by atoms with van der Waals surface area (Å²) in [6, 6.07) is 3.70. The van der Waals surface area contributed by atoms with Crippen LogP contribution in [0.4, 0.5) is 0 Å². The molecule has 0 N–H and O–H groups in total. The molecule has 0 amide bonds. The van der Waals surface area contributed by atoms with Crippen LogP contribution in [0.2, 0.25) is 0 Å². The quantitative estimate of drug-likeness (QED) is 0.598. The molecule has 2 aromatic heterocycles. The van der Waals surface area contributed by atoms with Crippen LogP contribution in [0.15, 0.2) is 16.8 Å². The second-order valence-electron chi connectivity index (χ2n) is 2.06. The number of rotatable bonds is 0. The molecule has 0 aliphatic carbocycles. The third kappa shape index (κ3) is 1.58. The predicted octanol–water partition coefficient (Wildman–Crippen LogP) is 1.95. The van der Waals surface area contributed by atoms with E-state index in [9.17, 15) is 0 Å². The van der Waals surface area contributed by atoms with Crippen LogP contribution in [0.5, 0.6) is 0 Å². The van der Waals surface area contributed by atoms with Crippen molar-refractivity contribution in [1.29, 1.82) is 0 Å². The smallest absolute Gasteiger partial charge is 0.224 e. The van der Waals surface area contributed by atoms with Gasteiger partial charge in [-0.25, -0.2) is 9.61 Å². The van der Waals surface area contributed by atoms with Gasteiger partial charge in [-0.3, -0.25) is 0 Å². The first-order valence-corrected chi connectivity index (χ1v) is 3.92. The Hall–Kier alpha value is -1.45. The van der Waals surface area contributed by atoms with E-state index in [-0.39, 0.29) is 0 Å². The van der Waals surface area contributed by atoms with Crippen LogP contribution in [0.1, 0.15) is 19.5 Å². The van der Waals surface area contributed by atoms with Crippen LogP contribution >= 0.6 is 0 Å². The molecule has 0 saturated heterocycles. The molecule has 0 atom stereocenters. The summed E-state index contributed by atoms with van der Waals surface area (Å²) in [5.41, 5.74) is 2.19. The SMILES string of the molecule is CC.Cc1ccc2nonc2n1. The summed E-state index contributed by atoms with van der Waals surface area (Å²) in [6.07, 6.45) is 0. The highest BCUT2D eigenvalue weighted by atomic mass is 16.6. The molecule has 2 heterocycles. The van der Waals surface area contributed by atoms with E-state index in [0.717, 1.165) is 5.69 Å². The summed E-state index contributed by atoms with van der Waals surface area (Å²) in [5.74, 6) is 0. The average Bonchev–Trinajstić information content (AvgIpc) is 2.54.